The van der Waals surface area contributed by atoms with E-state index in [2.05, 4.69) is 14.7 Å². The van der Waals surface area contributed by atoms with Gasteiger partial charge in [-0.25, -0.2) is 13.4 Å². The van der Waals surface area contributed by atoms with Gasteiger partial charge < -0.3 is 4.74 Å². The molecule has 0 fully saturated rings. The van der Waals surface area contributed by atoms with E-state index in [0.29, 0.717) is 29.8 Å². The van der Waals surface area contributed by atoms with Gasteiger partial charge in [-0.3, -0.25) is 14.7 Å². The standard InChI is InChI=1S/C16H16F3N3O4S/c1-27(24,25)15-20-12-9-22(7-6-11(12)14(23)21-15)8-10-4-2-3-5-13(10)26-16(17,18)19/h2-5H,6-9H2,1H3,(H,20,21,23). The van der Waals surface area contributed by atoms with Crippen LogP contribution in [0.5, 0.6) is 5.75 Å². The van der Waals surface area contributed by atoms with Gasteiger partial charge in [0.2, 0.25) is 15.0 Å². The predicted octanol–water partition coefficient (Wildman–Crippen LogP) is 1.63. The molecular weight excluding hydrogens is 387 g/mol. The first-order valence-corrected chi connectivity index (χ1v) is 9.80. The zero-order valence-corrected chi connectivity index (χ0v) is 15.0. The van der Waals surface area contributed by atoms with Gasteiger partial charge in [0.05, 0.1) is 5.69 Å². The number of H-pyrrole nitrogens is 1. The summed E-state index contributed by atoms with van der Waals surface area (Å²) >= 11 is 0. The number of ether oxygens (including phenoxy) is 1. The molecule has 0 radical (unpaired) electrons. The topological polar surface area (TPSA) is 92.4 Å². The highest BCUT2D eigenvalue weighted by Gasteiger charge is 2.32. The van der Waals surface area contributed by atoms with Gasteiger partial charge in [0, 0.05) is 37.0 Å². The summed E-state index contributed by atoms with van der Waals surface area (Å²) in [6, 6.07) is 5.78. The summed E-state index contributed by atoms with van der Waals surface area (Å²) < 4.78 is 65.0. The summed E-state index contributed by atoms with van der Waals surface area (Å²) in [6.45, 7) is 0.687. The maximum Gasteiger partial charge on any atom is 0.573 e. The first-order valence-electron chi connectivity index (χ1n) is 7.91. The zero-order valence-electron chi connectivity index (χ0n) is 14.2. The molecule has 0 saturated carbocycles. The van der Waals surface area contributed by atoms with Crippen molar-refractivity contribution in [1.29, 1.82) is 0 Å². The molecule has 1 aliphatic rings. The van der Waals surface area contributed by atoms with Crippen molar-refractivity contribution in [2.24, 2.45) is 0 Å². The Balaban J connectivity index is 1.85. The van der Waals surface area contributed by atoms with E-state index in [4.69, 9.17) is 0 Å². The number of nitrogens with zero attached hydrogens (tertiary/aromatic N) is 2. The molecule has 2 heterocycles. The molecule has 3 rings (SSSR count). The van der Waals surface area contributed by atoms with Gasteiger partial charge in [0.15, 0.2) is 0 Å². The van der Waals surface area contributed by atoms with E-state index in [1.54, 1.807) is 11.0 Å². The molecule has 0 unspecified atom stereocenters. The lowest BCUT2D eigenvalue weighted by Gasteiger charge is -2.28. The van der Waals surface area contributed by atoms with Crippen molar-refractivity contribution < 1.29 is 26.3 Å². The van der Waals surface area contributed by atoms with E-state index in [-0.39, 0.29) is 18.8 Å². The van der Waals surface area contributed by atoms with Crippen LogP contribution in [0.25, 0.3) is 0 Å². The van der Waals surface area contributed by atoms with Crippen LogP contribution in [0.4, 0.5) is 13.2 Å². The Morgan fingerprint density at radius 2 is 2.00 bits per heavy atom. The zero-order chi connectivity index (χ0) is 19.8. The minimum atomic E-state index is -4.80. The number of para-hydroxylation sites is 1. The molecule has 11 heteroatoms. The quantitative estimate of drug-likeness (QED) is 0.781. The molecule has 1 aliphatic heterocycles. The maximum absolute atomic E-state index is 12.6. The first kappa shape index (κ1) is 19.4. The van der Waals surface area contributed by atoms with Crippen LogP contribution in [-0.2, 0) is 29.3 Å². The van der Waals surface area contributed by atoms with Crippen LogP contribution >= 0.6 is 0 Å². The lowest BCUT2D eigenvalue weighted by molar-refractivity contribution is -0.275. The van der Waals surface area contributed by atoms with Crippen molar-refractivity contribution in [3.05, 3.63) is 51.4 Å². The normalized spacial score (nSPS) is 15.4. The highest BCUT2D eigenvalue weighted by atomic mass is 32.2. The second-order valence-corrected chi connectivity index (χ2v) is 8.12. The Hall–Kier alpha value is -2.40. The highest BCUT2D eigenvalue weighted by Crippen LogP contribution is 2.28. The van der Waals surface area contributed by atoms with E-state index in [9.17, 15) is 26.4 Å². The summed E-state index contributed by atoms with van der Waals surface area (Å²) in [7, 11) is -3.69. The summed E-state index contributed by atoms with van der Waals surface area (Å²) in [6.07, 6.45) is -3.56. The highest BCUT2D eigenvalue weighted by molar-refractivity contribution is 7.90. The molecule has 0 amide bonds. The Bertz CT molecular complexity index is 1020. The number of aromatic amines is 1. The molecule has 0 saturated heterocycles. The molecular formula is C16H16F3N3O4S. The number of rotatable bonds is 4. The predicted molar refractivity (Wildman–Crippen MR) is 88.9 cm³/mol. The van der Waals surface area contributed by atoms with Crippen molar-refractivity contribution in [3.8, 4) is 5.75 Å². The number of alkyl halides is 3. The van der Waals surface area contributed by atoms with Crippen molar-refractivity contribution in [2.75, 3.05) is 12.8 Å². The number of benzene rings is 1. The molecule has 27 heavy (non-hydrogen) atoms. The third-order valence-electron chi connectivity index (χ3n) is 4.07. The van der Waals surface area contributed by atoms with Crippen LogP contribution in [0.2, 0.25) is 0 Å². The van der Waals surface area contributed by atoms with Gasteiger partial charge in [-0.1, -0.05) is 18.2 Å². The maximum atomic E-state index is 12.6. The average molecular weight is 403 g/mol. The minimum Gasteiger partial charge on any atom is -0.405 e. The number of halogens is 3. The second kappa shape index (κ2) is 6.97. The van der Waals surface area contributed by atoms with Gasteiger partial charge in [0.1, 0.15) is 5.75 Å². The Kier molecular flexibility index (Phi) is 5.00. The Morgan fingerprint density at radius 1 is 1.30 bits per heavy atom. The third kappa shape index (κ3) is 4.66. The van der Waals surface area contributed by atoms with Crippen molar-refractivity contribution >= 4 is 9.84 Å². The van der Waals surface area contributed by atoms with E-state index in [0.717, 1.165) is 6.26 Å². The smallest absolute Gasteiger partial charge is 0.405 e. The second-order valence-electron chi connectivity index (χ2n) is 6.18. The van der Waals surface area contributed by atoms with E-state index >= 15 is 0 Å². The lowest BCUT2D eigenvalue weighted by Crippen LogP contribution is -2.35. The van der Waals surface area contributed by atoms with Gasteiger partial charge in [0.25, 0.3) is 5.56 Å². The Labute approximate surface area is 152 Å². The first-order chi connectivity index (χ1) is 12.5. The fourth-order valence-corrected chi connectivity index (χ4v) is 3.44. The fraction of sp³-hybridized carbons (Fsp3) is 0.375. The molecule has 7 nitrogen and oxygen atoms in total. The number of aromatic nitrogens is 2. The average Bonchev–Trinajstić information content (AvgIpc) is 2.54. The minimum absolute atomic E-state index is 0.133. The van der Waals surface area contributed by atoms with Crippen molar-refractivity contribution in [3.63, 3.8) is 0 Å². The molecule has 1 aromatic heterocycles. The summed E-state index contributed by atoms with van der Waals surface area (Å²) in [5.41, 5.74) is 0.505. The number of fused-ring (bicyclic) bond motifs is 1. The third-order valence-corrected chi connectivity index (χ3v) is 4.97. The molecule has 1 aromatic carbocycles. The summed E-state index contributed by atoms with van der Waals surface area (Å²) in [5.74, 6) is -0.300. The Morgan fingerprint density at radius 3 is 2.67 bits per heavy atom. The number of sulfone groups is 1. The fourth-order valence-electron chi connectivity index (χ4n) is 2.88. The van der Waals surface area contributed by atoms with E-state index in [1.165, 1.54) is 18.2 Å². The molecule has 1 N–H and O–H groups in total. The number of nitrogens with one attached hydrogen (secondary N) is 1. The van der Waals surface area contributed by atoms with Crippen LogP contribution in [0.15, 0.2) is 34.2 Å². The molecule has 0 bridgehead atoms. The number of hydrogen-bond donors (Lipinski definition) is 1. The van der Waals surface area contributed by atoms with Crippen LogP contribution in [-0.4, -0.2) is 42.4 Å². The van der Waals surface area contributed by atoms with E-state index in [1.807, 2.05) is 0 Å². The molecule has 0 aliphatic carbocycles. The van der Waals surface area contributed by atoms with Crippen molar-refractivity contribution in [1.82, 2.24) is 14.9 Å². The lowest BCUT2D eigenvalue weighted by atomic mass is 10.1. The van der Waals surface area contributed by atoms with Gasteiger partial charge in [-0.15, -0.1) is 13.2 Å². The van der Waals surface area contributed by atoms with Crippen LogP contribution in [0.1, 0.15) is 16.8 Å². The SMILES string of the molecule is CS(=O)(=O)c1nc2c(c(=O)[nH]1)CCN(Cc1ccccc1OC(F)(F)F)C2. The molecule has 0 spiro atoms. The molecule has 2 aromatic rings. The van der Waals surface area contributed by atoms with Gasteiger partial charge in [-0.2, -0.15) is 0 Å². The van der Waals surface area contributed by atoms with Gasteiger partial charge >= 0.3 is 6.36 Å². The number of hydrogen-bond acceptors (Lipinski definition) is 6. The molecule has 146 valence electrons. The van der Waals surface area contributed by atoms with Crippen LogP contribution in [0.3, 0.4) is 0 Å². The van der Waals surface area contributed by atoms with Crippen LogP contribution < -0.4 is 10.3 Å². The van der Waals surface area contributed by atoms with Crippen molar-refractivity contribution in [2.45, 2.75) is 31.0 Å². The monoisotopic (exact) mass is 403 g/mol. The summed E-state index contributed by atoms with van der Waals surface area (Å²) in [5, 5.41) is -0.422. The largest absolute Gasteiger partial charge is 0.573 e. The van der Waals surface area contributed by atoms with E-state index < -0.39 is 26.9 Å². The summed E-state index contributed by atoms with van der Waals surface area (Å²) in [4.78, 5) is 20.1. The van der Waals surface area contributed by atoms with Gasteiger partial charge in [-0.05, 0) is 12.5 Å². The van der Waals surface area contributed by atoms with Crippen LogP contribution in [0, 0.1) is 0 Å². The molecule has 0 atom stereocenters.